The number of ether oxygens (including phenoxy) is 3. The highest BCUT2D eigenvalue weighted by Crippen LogP contribution is 2.46. The number of rotatable bonds is 7. The molecule has 1 aliphatic rings. The first-order valence-electron chi connectivity index (χ1n) is 9.72. The Hall–Kier alpha value is -3.28. The third kappa shape index (κ3) is 4.17. The van der Waals surface area contributed by atoms with Crippen molar-refractivity contribution in [2.75, 3.05) is 32.8 Å². The van der Waals surface area contributed by atoms with Crippen LogP contribution in [0.2, 0.25) is 0 Å². The quantitative estimate of drug-likeness (QED) is 0.514. The Morgan fingerprint density at radius 1 is 1.03 bits per heavy atom. The zero-order valence-corrected chi connectivity index (χ0v) is 18.0. The fraction of sp³-hybridized carbons (Fsp3) is 0.333. The number of carbonyl (C=O) groups excluding carboxylic acids is 2. The first-order valence-corrected chi connectivity index (χ1v) is 9.72. The summed E-state index contributed by atoms with van der Waals surface area (Å²) < 4.78 is 15.6. The molecule has 2 aromatic carbocycles. The molecule has 0 amide bonds. The van der Waals surface area contributed by atoms with Gasteiger partial charge in [-0.3, -0.25) is 9.59 Å². The molecule has 0 atom stereocenters. The largest absolute Gasteiger partial charge is 0.493 e. The second-order valence-electron chi connectivity index (χ2n) is 7.72. The average Bonchev–Trinajstić information content (AvgIpc) is 2.93. The number of fused-ring (bicyclic) bond motifs is 1. The predicted octanol–water partition coefficient (Wildman–Crippen LogP) is 3.67. The molecule has 30 heavy (non-hydrogen) atoms. The standard InChI is InChI=1S/C24H27NO5/c1-24(2)18-8-6-7-9-19(18)25(3)22(24)14-17(26)15-30-23(27)13-16-10-11-20(28-4)21(12-16)29-5/h6-12,14H,13,15H2,1-5H3. The van der Waals surface area contributed by atoms with Gasteiger partial charge in [0, 0.05) is 29.9 Å². The Morgan fingerprint density at radius 2 is 1.73 bits per heavy atom. The number of nitrogens with zero attached hydrogens (tertiary/aromatic N) is 1. The number of methoxy groups -OCH3 is 2. The molecular weight excluding hydrogens is 382 g/mol. The summed E-state index contributed by atoms with van der Waals surface area (Å²) in [6.45, 7) is 3.87. The van der Waals surface area contributed by atoms with Gasteiger partial charge in [-0.15, -0.1) is 0 Å². The fourth-order valence-corrected chi connectivity index (χ4v) is 3.81. The Kier molecular flexibility index (Phi) is 6.15. The second kappa shape index (κ2) is 8.61. The summed E-state index contributed by atoms with van der Waals surface area (Å²) >= 11 is 0. The van der Waals surface area contributed by atoms with Crippen LogP contribution in [0.25, 0.3) is 0 Å². The van der Waals surface area contributed by atoms with Gasteiger partial charge in [0.05, 0.1) is 20.6 Å². The second-order valence-corrected chi connectivity index (χ2v) is 7.72. The van der Waals surface area contributed by atoms with Crippen molar-refractivity contribution in [2.24, 2.45) is 0 Å². The van der Waals surface area contributed by atoms with E-state index >= 15 is 0 Å². The van der Waals surface area contributed by atoms with E-state index in [1.165, 1.54) is 7.11 Å². The van der Waals surface area contributed by atoms with E-state index in [-0.39, 0.29) is 24.2 Å². The summed E-state index contributed by atoms with van der Waals surface area (Å²) in [6.07, 6.45) is 1.62. The number of carbonyl (C=O) groups is 2. The molecule has 0 aromatic heterocycles. The monoisotopic (exact) mass is 409 g/mol. The topological polar surface area (TPSA) is 65.1 Å². The predicted molar refractivity (Wildman–Crippen MR) is 115 cm³/mol. The molecule has 0 N–H and O–H groups in total. The molecule has 1 heterocycles. The Labute approximate surface area is 177 Å². The first-order chi connectivity index (χ1) is 14.3. The maximum atomic E-state index is 12.5. The molecule has 6 heteroatoms. The van der Waals surface area contributed by atoms with Crippen LogP contribution >= 0.6 is 0 Å². The molecule has 2 aromatic rings. The van der Waals surface area contributed by atoms with E-state index in [0.29, 0.717) is 11.5 Å². The summed E-state index contributed by atoms with van der Waals surface area (Å²) in [5, 5.41) is 0. The lowest BCUT2D eigenvalue weighted by Gasteiger charge is -2.23. The molecule has 3 rings (SSSR count). The summed E-state index contributed by atoms with van der Waals surface area (Å²) in [6, 6.07) is 13.3. The van der Waals surface area contributed by atoms with Crippen molar-refractivity contribution in [1.29, 1.82) is 0 Å². The summed E-state index contributed by atoms with van der Waals surface area (Å²) in [4.78, 5) is 26.7. The van der Waals surface area contributed by atoms with Crippen LogP contribution in [-0.2, 0) is 26.2 Å². The van der Waals surface area contributed by atoms with E-state index in [1.54, 1.807) is 31.4 Å². The molecule has 6 nitrogen and oxygen atoms in total. The molecule has 0 bridgehead atoms. The Bertz CT molecular complexity index is 993. The minimum absolute atomic E-state index is 0.0427. The summed E-state index contributed by atoms with van der Waals surface area (Å²) in [7, 11) is 5.02. The minimum atomic E-state index is -0.476. The highest BCUT2D eigenvalue weighted by molar-refractivity contribution is 5.94. The van der Waals surface area contributed by atoms with Gasteiger partial charge < -0.3 is 19.1 Å². The van der Waals surface area contributed by atoms with Crippen LogP contribution in [0.4, 0.5) is 5.69 Å². The van der Waals surface area contributed by atoms with Crippen LogP contribution in [0.5, 0.6) is 11.5 Å². The number of esters is 1. The normalized spacial score (nSPS) is 15.6. The molecule has 0 spiro atoms. The van der Waals surface area contributed by atoms with Gasteiger partial charge in [0.15, 0.2) is 23.9 Å². The van der Waals surface area contributed by atoms with Crippen molar-refractivity contribution in [2.45, 2.75) is 25.7 Å². The number of ketones is 1. The SMILES string of the molecule is COc1ccc(CC(=O)OCC(=O)C=C2N(C)c3ccccc3C2(C)C)cc1OC. The molecule has 0 unspecified atom stereocenters. The molecular formula is C24H27NO5. The van der Waals surface area contributed by atoms with Crippen LogP contribution < -0.4 is 14.4 Å². The maximum absolute atomic E-state index is 12.5. The van der Waals surface area contributed by atoms with Gasteiger partial charge >= 0.3 is 5.97 Å². The van der Waals surface area contributed by atoms with Gasteiger partial charge in [-0.05, 0) is 29.3 Å². The van der Waals surface area contributed by atoms with Gasteiger partial charge in [-0.2, -0.15) is 0 Å². The van der Waals surface area contributed by atoms with E-state index in [0.717, 1.165) is 22.5 Å². The lowest BCUT2D eigenvalue weighted by molar-refractivity contribution is -0.146. The number of likely N-dealkylation sites (N-methyl/N-ethyl adjacent to an activating group) is 1. The van der Waals surface area contributed by atoms with Crippen molar-refractivity contribution in [3.63, 3.8) is 0 Å². The van der Waals surface area contributed by atoms with Crippen LogP contribution in [0.15, 0.2) is 54.2 Å². The van der Waals surface area contributed by atoms with E-state index in [2.05, 4.69) is 19.9 Å². The molecule has 158 valence electrons. The number of para-hydroxylation sites is 1. The van der Waals surface area contributed by atoms with Gasteiger partial charge in [0.1, 0.15) is 0 Å². The van der Waals surface area contributed by atoms with Crippen LogP contribution in [0.1, 0.15) is 25.0 Å². The van der Waals surface area contributed by atoms with Crippen molar-refractivity contribution in [1.82, 2.24) is 0 Å². The summed E-state index contributed by atoms with van der Waals surface area (Å²) in [5.74, 6) is 0.394. The lowest BCUT2D eigenvalue weighted by Crippen LogP contribution is -2.25. The van der Waals surface area contributed by atoms with Crippen LogP contribution in [0, 0.1) is 0 Å². The third-order valence-electron chi connectivity index (χ3n) is 5.41. The van der Waals surface area contributed by atoms with Gasteiger partial charge in [-0.1, -0.05) is 38.1 Å². The van der Waals surface area contributed by atoms with Crippen LogP contribution in [0.3, 0.4) is 0 Å². The summed E-state index contributed by atoms with van der Waals surface area (Å²) in [5.41, 5.74) is 3.54. The van der Waals surface area contributed by atoms with Crippen molar-refractivity contribution in [3.8, 4) is 11.5 Å². The zero-order chi connectivity index (χ0) is 21.9. The average molecular weight is 409 g/mol. The number of allylic oxidation sites excluding steroid dienone is 1. The number of benzene rings is 2. The van der Waals surface area contributed by atoms with Gasteiger partial charge in [0.2, 0.25) is 0 Å². The van der Waals surface area contributed by atoms with Gasteiger partial charge in [0.25, 0.3) is 0 Å². The Balaban J connectivity index is 1.63. The van der Waals surface area contributed by atoms with Gasteiger partial charge in [-0.25, -0.2) is 0 Å². The Morgan fingerprint density at radius 3 is 2.40 bits per heavy atom. The molecule has 0 radical (unpaired) electrons. The molecule has 0 fully saturated rings. The van der Waals surface area contributed by atoms with E-state index in [1.807, 2.05) is 30.1 Å². The minimum Gasteiger partial charge on any atom is -0.493 e. The molecule has 0 saturated heterocycles. The fourth-order valence-electron chi connectivity index (χ4n) is 3.81. The molecule has 0 aliphatic carbocycles. The first kappa shape index (κ1) is 21.4. The highest BCUT2D eigenvalue weighted by Gasteiger charge is 2.38. The molecule has 1 aliphatic heterocycles. The van der Waals surface area contributed by atoms with E-state index < -0.39 is 5.97 Å². The number of anilines is 1. The smallest absolute Gasteiger partial charge is 0.310 e. The van der Waals surface area contributed by atoms with E-state index in [9.17, 15) is 9.59 Å². The third-order valence-corrected chi connectivity index (χ3v) is 5.41. The zero-order valence-electron chi connectivity index (χ0n) is 18.0. The highest BCUT2D eigenvalue weighted by atomic mass is 16.5. The van der Waals surface area contributed by atoms with Crippen LogP contribution in [-0.4, -0.2) is 39.6 Å². The number of hydrogen-bond donors (Lipinski definition) is 0. The van der Waals surface area contributed by atoms with Crippen molar-refractivity contribution >= 4 is 17.4 Å². The maximum Gasteiger partial charge on any atom is 0.310 e. The molecule has 0 saturated carbocycles. The van der Waals surface area contributed by atoms with Crippen molar-refractivity contribution < 1.29 is 23.8 Å². The lowest BCUT2D eigenvalue weighted by atomic mass is 9.83. The number of hydrogen-bond acceptors (Lipinski definition) is 6. The van der Waals surface area contributed by atoms with Crippen molar-refractivity contribution in [3.05, 3.63) is 65.4 Å². The van der Waals surface area contributed by atoms with E-state index in [4.69, 9.17) is 14.2 Å².